The number of carboxylic acids is 1. The van der Waals surface area contributed by atoms with Gasteiger partial charge in [-0.25, -0.2) is 9.78 Å². The normalized spacial score (nSPS) is 22.2. The molecular weight excluding hydrogens is 382 g/mol. The molecule has 1 aromatic heterocycles. The van der Waals surface area contributed by atoms with Gasteiger partial charge in [-0.05, 0) is 44.9 Å². The summed E-state index contributed by atoms with van der Waals surface area (Å²) in [5, 5.41) is 20.8. The van der Waals surface area contributed by atoms with Crippen LogP contribution >= 0.6 is 23.1 Å². The second-order valence-electron chi connectivity index (χ2n) is 7.17. The minimum absolute atomic E-state index is 0.00535. The third kappa shape index (κ3) is 6.90. The third-order valence-corrected chi connectivity index (χ3v) is 6.89. The van der Waals surface area contributed by atoms with E-state index in [9.17, 15) is 14.7 Å². The van der Waals surface area contributed by atoms with Crippen LogP contribution in [0.3, 0.4) is 0 Å². The minimum atomic E-state index is -1.02. The maximum Gasteiger partial charge on any atom is 0.355 e. The summed E-state index contributed by atoms with van der Waals surface area (Å²) in [6.07, 6.45) is 10.2. The van der Waals surface area contributed by atoms with E-state index in [0.29, 0.717) is 25.0 Å². The number of allylic oxidation sites excluding steroid dienone is 2. The van der Waals surface area contributed by atoms with Crippen molar-refractivity contribution >= 4 is 34.9 Å². The number of ketones is 1. The van der Waals surface area contributed by atoms with Gasteiger partial charge in [0.2, 0.25) is 0 Å². The molecule has 1 aliphatic carbocycles. The first-order valence-electron chi connectivity index (χ1n) is 9.16. The molecule has 1 fully saturated rings. The van der Waals surface area contributed by atoms with E-state index in [-0.39, 0.29) is 17.5 Å². The van der Waals surface area contributed by atoms with Gasteiger partial charge in [0, 0.05) is 23.5 Å². The highest BCUT2D eigenvalue weighted by Crippen LogP contribution is 2.35. The summed E-state index contributed by atoms with van der Waals surface area (Å²) in [7, 11) is 0. The largest absolute Gasteiger partial charge is 0.476 e. The Morgan fingerprint density at radius 2 is 2.33 bits per heavy atom. The number of nitrogens with zero attached hydrogens (tertiary/aromatic N) is 1. The van der Waals surface area contributed by atoms with Crippen molar-refractivity contribution in [3.05, 3.63) is 35.9 Å². The zero-order valence-electron chi connectivity index (χ0n) is 15.6. The number of aromatic carboxylic acids is 1. The number of thioether (sulfide) groups is 1. The van der Waals surface area contributed by atoms with Crippen molar-refractivity contribution in [3.8, 4) is 0 Å². The molecule has 0 amide bonds. The molecule has 0 saturated heterocycles. The lowest BCUT2D eigenvalue weighted by atomic mass is 9.90. The molecule has 148 valence electrons. The van der Waals surface area contributed by atoms with Gasteiger partial charge in [0.05, 0.1) is 5.60 Å². The van der Waals surface area contributed by atoms with Crippen LogP contribution in [0.4, 0.5) is 0 Å². The SMILES string of the molecule is C=CCCC(C)(O)C/C=C/[C@@H]1CCC(=O)[C@@H]1CCSc1nc(C(=O)O)cs1. The number of hydrogen-bond acceptors (Lipinski definition) is 6. The number of aromatic nitrogens is 1. The van der Waals surface area contributed by atoms with Crippen molar-refractivity contribution in [3.63, 3.8) is 0 Å². The van der Waals surface area contributed by atoms with Gasteiger partial charge in [-0.2, -0.15) is 0 Å². The Kier molecular flexibility index (Phi) is 8.26. The maximum atomic E-state index is 12.2. The quantitative estimate of drug-likeness (QED) is 0.411. The highest BCUT2D eigenvalue weighted by Gasteiger charge is 2.32. The van der Waals surface area contributed by atoms with Crippen LogP contribution in [0.2, 0.25) is 0 Å². The molecule has 7 heteroatoms. The second kappa shape index (κ2) is 10.2. The molecule has 3 atom stereocenters. The Hall–Kier alpha value is -1.44. The summed E-state index contributed by atoms with van der Waals surface area (Å²) in [5.41, 5.74) is -0.672. The van der Waals surface area contributed by atoms with Crippen molar-refractivity contribution in [1.29, 1.82) is 0 Å². The predicted molar refractivity (Wildman–Crippen MR) is 109 cm³/mol. The smallest absolute Gasteiger partial charge is 0.355 e. The van der Waals surface area contributed by atoms with Gasteiger partial charge in [-0.1, -0.05) is 30.0 Å². The molecule has 5 nitrogen and oxygen atoms in total. The lowest BCUT2D eigenvalue weighted by molar-refractivity contribution is -0.121. The fraction of sp³-hybridized carbons (Fsp3) is 0.550. The molecular formula is C20H27NO4S2. The number of aliphatic hydroxyl groups is 1. The van der Waals surface area contributed by atoms with Crippen LogP contribution in [0.1, 0.15) is 55.9 Å². The van der Waals surface area contributed by atoms with E-state index in [0.717, 1.165) is 29.4 Å². The number of hydrogen-bond donors (Lipinski definition) is 2. The van der Waals surface area contributed by atoms with Crippen LogP contribution in [0.15, 0.2) is 34.5 Å². The Balaban J connectivity index is 1.83. The van der Waals surface area contributed by atoms with Gasteiger partial charge in [-0.3, -0.25) is 4.79 Å². The fourth-order valence-corrected chi connectivity index (χ4v) is 5.14. The monoisotopic (exact) mass is 409 g/mol. The lowest BCUT2D eigenvalue weighted by Crippen LogP contribution is -2.22. The molecule has 0 radical (unpaired) electrons. The molecule has 2 N–H and O–H groups in total. The summed E-state index contributed by atoms with van der Waals surface area (Å²) >= 11 is 2.83. The Labute approximate surface area is 168 Å². The number of thiazole rings is 1. The molecule has 0 aliphatic heterocycles. The second-order valence-corrected chi connectivity index (χ2v) is 9.37. The number of carbonyl (C=O) groups excluding carboxylic acids is 1. The van der Waals surface area contributed by atoms with E-state index >= 15 is 0 Å². The standard InChI is InChI=1S/C20H27NO4S2/c1-3-4-10-20(2,25)11-5-6-14-7-8-17(22)15(14)9-12-26-19-21-16(13-27-19)18(23)24/h3,5-6,13-15,25H,1,4,7-12H2,2H3,(H,23,24)/b6-5+/t14-,15-,20?/m1/s1. The number of Topliss-reactive ketones (excluding diaryl/α,β-unsaturated/α-hetero) is 1. The van der Waals surface area contributed by atoms with Crippen molar-refractivity contribution in [2.24, 2.45) is 11.8 Å². The summed E-state index contributed by atoms with van der Waals surface area (Å²) in [6, 6.07) is 0. The van der Waals surface area contributed by atoms with Crippen molar-refractivity contribution in [2.75, 3.05) is 5.75 Å². The minimum Gasteiger partial charge on any atom is -0.476 e. The number of carbonyl (C=O) groups is 2. The van der Waals surface area contributed by atoms with Gasteiger partial charge in [0.1, 0.15) is 5.78 Å². The van der Waals surface area contributed by atoms with Gasteiger partial charge < -0.3 is 10.2 Å². The highest BCUT2D eigenvalue weighted by molar-refractivity contribution is 8.01. The lowest BCUT2D eigenvalue weighted by Gasteiger charge is -2.21. The Morgan fingerprint density at radius 3 is 3.00 bits per heavy atom. The van der Waals surface area contributed by atoms with Crippen molar-refractivity contribution in [2.45, 2.75) is 55.4 Å². The molecule has 1 aliphatic rings. The van der Waals surface area contributed by atoms with Crippen LogP contribution in [-0.4, -0.2) is 38.3 Å². The molecule has 2 rings (SSSR count). The summed E-state index contributed by atoms with van der Waals surface area (Å²) < 4.78 is 0.725. The van der Waals surface area contributed by atoms with Crippen LogP contribution in [0.5, 0.6) is 0 Å². The maximum absolute atomic E-state index is 12.2. The van der Waals surface area contributed by atoms with Gasteiger partial charge >= 0.3 is 5.97 Å². The fourth-order valence-electron chi connectivity index (χ4n) is 3.25. The van der Waals surface area contributed by atoms with E-state index in [2.05, 4.69) is 17.6 Å². The van der Waals surface area contributed by atoms with Crippen molar-refractivity contribution < 1.29 is 19.8 Å². The molecule has 0 spiro atoms. The molecule has 1 unspecified atom stereocenters. The molecule has 27 heavy (non-hydrogen) atoms. The zero-order valence-corrected chi connectivity index (χ0v) is 17.2. The van der Waals surface area contributed by atoms with Crippen LogP contribution in [0.25, 0.3) is 0 Å². The van der Waals surface area contributed by atoms with Gasteiger partial charge in [0.15, 0.2) is 10.0 Å². The summed E-state index contributed by atoms with van der Waals surface area (Å²) in [6.45, 7) is 5.51. The first-order chi connectivity index (χ1) is 12.8. The first-order valence-corrected chi connectivity index (χ1v) is 11.0. The van der Waals surface area contributed by atoms with E-state index in [4.69, 9.17) is 5.11 Å². The summed E-state index contributed by atoms with van der Waals surface area (Å²) in [4.78, 5) is 27.2. The molecule has 1 saturated carbocycles. The van der Waals surface area contributed by atoms with Crippen LogP contribution in [-0.2, 0) is 4.79 Å². The molecule has 0 aromatic carbocycles. The highest BCUT2D eigenvalue weighted by atomic mass is 32.2. The average Bonchev–Trinajstić information content (AvgIpc) is 3.22. The van der Waals surface area contributed by atoms with E-state index in [1.165, 1.54) is 28.5 Å². The average molecular weight is 410 g/mol. The third-order valence-electron chi connectivity index (χ3n) is 4.84. The van der Waals surface area contributed by atoms with Crippen molar-refractivity contribution in [1.82, 2.24) is 4.98 Å². The first kappa shape index (κ1) is 21.9. The number of rotatable bonds is 11. The molecule has 1 aromatic rings. The van der Waals surface area contributed by atoms with E-state index < -0.39 is 11.6 Å². The van der Waals surface area contributed by atoms with Gasteiger partial charge in [-0.15, -0.1) is 17.9 Å². The zero-order chi connectivity index (χ0) is 19.9. The topological polar surface area (TPSA) is 87.5 Å². The predicted octanol–water partition coefficient (Wildman–Crippen LogP) is 4.58. The molecule has 1 heterocycles. The van der Waals surface area contributed by atoms with Crippen LogP contribution < -0.4 is 0 Å². The van der Waals surface area contributed by atoms with Crippen LogP contribution in [0, 0.1) is 11.8 Å². The Bertz CT molecular complexity index is 696. The van der Waals surface area contributed by atoms with E-state index in [1.54, 1.807) is 0 Å². The molecule has 0 bridgehead atoms. The Morgan fingerprint density at radius 1 is 1.56 bits per heavy atom. The van der Waals surface area contributed by atoms with Gasteiger partial charge in [0.25, 0.3) is 0 Å². The number of carboxylic acid groups (broad SMARTS) is 1. The summed E-state index contributed by atoms with van der Waals surface area (Å²) in [5.74, 6) is 0.252. The van der Waals surface area contributed by atoms with E-state index in [1.807, 2.05) is 19.1 Å².